The van der Waals surface area contributed by atoms with E-state index in [0.29, 0.717) is 18.1 Å². The standard InChI is InChI=1S/C22H27FN4O.HI/c1-15-4-6-19-17(13-26-21(19)10-15)8-9-25-22(24-2)27-12-16-5-7-20(23)18(11-16)14-28-3;/h4-7,10-11,13,26H,8-9,12,14H2,1-3H3,(H2,24,25,27);1H. The van der Waals surface area contributed by atoms with Gasteiger partial charge in [-0.1, -0.05) is 18.2 Å². The van der Waals surface area contributed by atoms with Gasteiger partial charge < -0.3 is 20.4 Å². The fourth-order valence-electron chi connectivity index (χ4n) is 3.23. The van der Waals surface area contributed by atoms with Crippen molar-refractivity contribution in [1.82, 2.24) is 15.6 Å². The summed E-state index contributed by atoms with van der Waals surface area (Å²) in [5.74, 6) is 0.468. The second-order valence-corrected chi connectivity index (χ2v) is 6.82. The summed E-state index contributed by atoms with van der Waals surface area (Å²) in [7, 11) is 3.30. The van der Waals surface area contributed by atoms with Crippen LogP contribution in [0.15, 0.2) is 47.6 Å². The summed E-state index contributed by atoms with van der Waals surface area (Å²) >= 11 is 0. The zero-order chi connectivity index (χ0) is 19.9. The molecule has 0 radical (unpaired) electrons. The number of aromatic nitrogens is 1. The largest absolute Gasteiger partial charge is 0.380 e. The summed E-state index contributed by atoms with van der Waals surface area (Å²) in [5.41, 5.74) is 5.22. The summed E-state index contributed by atoms with van der Waals surface area (Å²) in [4.78, 5) is 7.59. The van der Waals surface area contributed by atoms with Gasteiger partial charge in [0.05, 0.1) is 6.61 Å². The highest BCUT2D eigenvalue weighted by molar-refractivity contribution is 14.0. The number of nitrogens with one attached hydrogen (secondary N) is 3. The molecule has 2 aromatic carbocycles. The molecule has 0 fully saturated rings. The molecule has 7 heteroatoms. The van der Waals surface area contributed by atoms with Crippen molar-refractivity contribution in [1.29, 1.82) is 0 Å². The van der Waals surface area contributed by atoms with E-state index in [2.05, 4.69) is 51.9 Å². The molecule has 0 unspecified atom stereocenters. The summed E-state index contributed by atoms with van der Waals surface area (Å²) in [6.07, 6.45) is 2.95. The van der Waals surface area contributed by atoms with Crippen LogP contribution in [0.5, 0.6) is 0 Å². The molecule has 0 amide bonds. The van der Waals surface area contributed by atoms with Gasteiger partial charge in [0.2, 0.25) is 0 Å². The zero-order valence-electron chi connectivity index (χ0n) is 17.0. The Bertz CT molecular complexity index is 971. The van der Waals surface area contributed by atoms with Gasteiger partial charge in [0.1, 0.15) is 5.82 Å². The van der Waals surface area contributed by atoms with Crippen molar-refractivity contribution < 1.29 is 9.13 Å². The molecular weight excluding hydrogens is 482 g/mol. The van der Waals surface area contributed by atoms with Crippen LogP contribution in [0.1, 0.15) is 22.3 Å². The van der Waals surface area contributed by atoms with Crippen LogP contribution in [0.2, 0.25) is 0 Å². The summed E-state index contributed by atoms with van der Waals surface area (Å²) in [6, 6.07) is 11.5. The van der Waals surface area contributed by atoms with E-state index in [0.717, 1.165) is 18.5 Å². The predicted molar refractivity (Wildman–Crippen MR) is 127 cm³/mol. The van der Waals surface area contributed by atoms with Crippen LogP contribution in [-0.4, -0.2) is 31.6 Å². The molecule has 5 nitrogen and oxygen atoms in total. The van der Waals surface area contributed by atoms with Crippen LogP contribution < -0.4 is 10.6 Å². The number of hydrogen-bond acceptors (Lipinski definition) is 2. The maximum atomic E-state index is 13.7. The molecule has 3 rings (SSSR count). The van der Waals surface area contributed by atoms with Crippen LogP contribution >= 0.6 is 24.0 Å². The first-order valence-corrected chi connectivity index (χ1v) is 9.38. The molecule has 0 aliphatic heterocycles. The van der Waals surface area contributed by atoms with E-state index >= 15 is 0 Å². The third-order valence-corrected chi connectivity index (χ3v) is 4.70. The van der Waals surface area contributed by atoms with E-state index in [4.69, 9.17) is 4.74 Å². The van der Waals surface area contributed by atoms with E-state index in [1.54, 1.807) is 20.2 Å². The number of hydrogen-bond donors (Lipinski definition) is 3. The van der Waals surface area contributed by atoms with E-state index in [1.165, 1.54) is 28.1 Å². The average Bonchev–Trinajstić information content (AvgIpc) is 3.09. The number of rotatable bonds is 7. The number of fused-ring (bicyclic) bond motifs is 1. The van der Waals surface area contributed by atoms with Crippen molar-refractivity contribution >= 4 is 40.8 Å². The number of guanidine groups is 1. The topological polar surface area (TPSA) is 61.4 Å². The van der Waals surface area contributed by atoms with E-state index in [-0.39, 0.29) is 36.4 Å². The lowest BCUT2D eigenvalue weighted by Gasteiger charge is -2.13. The van der Waals surface area contributed by atoms with Crippen LogP contribution in [0, 0.1) is 12.7 Å². The fraction of sp³-hybridized carbons (Fsp3) is 0.318. The second-order valence-electron chi connectivity index (χ2n) is 6.82. The van der Waals surface area contributed by atoms with Crippen LogP contribution in [0.4, 0.5) is 4.39 Å². The lowest BCUT2D eigenvalue weighted by atomic mass is 10.1. The lowest BCUT2D eigenvalue weighted by molar-refractivity contribution is 0.181. The first-order valence-electron chi connectivity index (χ1n) is 9.38. The molecule has 156 valence electrons. The molecule has 29 heavy (non-hydrogen) atoms. The Morgan fingerprint density at radius 1 is 1.14 bits per heavy atom. The Hall–Kier alpha value is -2.13. The highest BCUT2D eigenvalue weighted by Gasteiger charge is 2.06. The zero-order valence-corrected chi connectivity index (χ0v) is 19.3. The van der Waals surface area contributed by atoms with Gasteiger partial charge in [-0.15, -0.1) is 24.0 Å². The number of nitrogens with zero attached hydrogens (tertiary/aromatic N) is 1. The smallest absolute Gasteiger partial charge is 0.191 e. The van der Waals surface area contributed by atoms with Crippen molar-refractivity contribution in [2.45, 2.75) is 26.5 Å². The van der Waals surface area contributed by atoms with E-state index < -0.39 is 0 Å². The Morgan fingerprint density at radius 2 is 1.97 bits per heavy atom. The highest BCUT2D eigenvalue weighted by Crippen LogP contribution is 2.19. The van der Waals surface area contributed by atoms with Crippen molar-refractivity contribution in [3.8, 4) is 0 Å². The molecule has 0 aliphatic rings. The Kier molecular flexibility index (Phi) is 8.91. The highest BCUT2D eigenvalue weighted by atomic mass is 127. The van der Waals surface area contributed by atoms with Crippen molar-refractivity contribution in [3.63, 3.8) is 0 Å². The van der Waals surface area contributed by atoms with Crippen LogP contribution in [0.25, 0.3) is 10.9 Å². The minimum absolute atomic E-state index is 0. The maximum Gasteiger partial charge on any atom is 0.191 e. The molecule has 0 spiro atoms. The van der Waals surface area contributed by atoms with Crippen LogP contribution in [-0.2, 0) is 24.3 Å². The van der Waals surface area contributed by atoms with Gasteiger partial charge in [-0.3, -0.25) is 4.99 Å². The van der Waals surface area contributed by atoms with Gasteiger partial charge in [0.25, 0.3) is 0 Å². The summed E-state index contributed by atoms with van der Waals surface area (Å²) in [6.45, 7) is 3.68. The predicted octanol–water partition coefficient (Wildman–Crippen LogP) is 4.29. The second kappa shape index (κ2) is 11.2. The molecule has 0 atom stereocenters. The number of aromatic amines is 1. The number of ether oxygens (including phenoxy) is 1. The summed E-state index contributed by atoms with van der Waals surface area (Å²) < 4.78 is 18.8. The molecule has 1 heterocycles. The van der Waals surface area contributed by atoms with Crippen LogP contribution in [0.3, 0.4) is 0 Å². The SMILES string of the molecule is CN=C(NCCc1c[nH]c2cc(C)ccc12)NCc1ccc(F)c(COC)c1.I. The number of methoxy groups -OCH3 is 1. The third-order valence-electron chi connectivity index (χ3n) is 4.70. The van der Waals surface area contributed by atoms with Crippen molar-refractivity contribution in [2.75, 3.05) is 20.7 Å². The minimum Gasteiger partial charge on any atom is -0.380 e. The van der Waals surface area contributed by atoms with E-state index in [1.807, 2.05) is 6.07 Å². The molecule has 0 bridgehead atoms. The van der Waals surface area contributed by atoms with Gasteiger partial charge in [-0.05, 0) is 48.2 Å². The lowest BCUT2D eigenvalue weighted by Crippen LogP contribution is -2.37. The van der Waals surface area contributed by atoms with Gasteiger partial charge in [0.15, 0.2) is 5.96 Å². The number of aliphatic imine (C=N–C) groups is 1. The van der Waals surface area contributed by atoms with Gasteiger partial charge in [-0.2, -0.15) is 0 Å². The number of benzene rings is 2. The third kappa shape index (κ3) is 6.17. The first-order chi connectivity index (χ1) is 13.6. The first kappa shape index (κ1) is 23.2. The molecule has 3 aromatic rings. The fourth-order valence-corrected chi connectivity index (χ4v) is 3.23. The monoisotopic (exact) mass is 510 g/mol. The average molecular weight is 510 g/mol. The number of H-pyrrole nitrogens is 1. The Labute approximate surface area is 188 Å². The van der Waals surface area contributed by atoms with Crippen molar-refractivity contribution in [3.05, 3.63) is 70.7 Å². The Morgan fingerprint density at radius 3 is 2.72 bits per heavy atom. The quantitative estimate of drug-likeness (QED) is 0.253. The molecule has 3 N–H and O–H groups in total. The molecule has 0 aliphatic carbocycles. The molecule has 1 aromatic heterocycles. The molecular formula is C22H28FIN4O. The van der Waals surface area contributed by atoms with Crippen molar-refractivity contribution in [2.24, 2.45) is 4.99 Å². The molecule has 0 saturated carbocycles. The normalized spacial score (nSPS) is 11.4. The van der Waals surface area contributed by atoms with Gasteiger partial charge >= 0.3 is 0 Å². The minimum atomic E-state index is -0.248. The molecule has 0 saturated heterocycles. The van der Waals surface area contributed by atoms with E-state index in [9.17, 15) is 4.39 Å². The Balaban J connectivity index is 0.00000300. The number of halogens is 2. The van der Waals surface area contributed by atoms with Gasteiger partial charge in [0, 0.05) is 49.9 Å². The summed E-state index contributed by atoms with van der Waals surface area (Å²) in [5, 5.41) is 7.86. The van der Waals surface area contributed by atoms with Gasteiger partial charge in [-0.25, -0.2) is 4.39 Å². The number of aryl methyl sites for hydroxylation is 1. The maximum absolute atomic E-state index is 13.7.